The Balaban J connectivity index is 1.43. The summed E-state index contributed by atoms with van der Waals surface area (Å²) in [5.74, 6) is 0.0336. The molecule has 0 unspecified atom stereocenters. The van der Waals surface area contributed by atoms with Gasteiger partial charge in [0.05, 0.1) is 12.5 Å². The van der Waals surface area contributed by atoms with Crippen LogP contribution in [0.15, 0.2) is 30.5 Å². The number of nitrogens with one attached hydrogen (secondary N) is 1. The van der Waals surface area contributed by atoms with Gasteiger partial charge >= 0.3 is 5.97 Å². The molecule has 1 aromatic carbocycles. The number of aromatic nitrogens is 1. The Hall–Kier alpha value is -2.30. The van der Waals surface area contributed by atoms with E-state index in [4.69, 9.17) is 4.74 Å². The van der Waals surface area contributed by atoms with E-state index in [1.165, 1.54) is 10.9 Å². The number of nitrogens with zero attached hydrogens (tertiary/aromatic N) is 1. The van der Waals surface area contributed by atoms with Gasteiger partial charge in [0.25, 0.3) is 0 Å². The lowest BCUT2D eigenvalue weighted by Crippen LogP contribution is -2.40. The zero-order valence-corrected chi connectivity index (χ0v) is 14.8. The number of rotatable bonds is 6. The van der Waals surface area contributed by atoms with Gasteiger partial charge in [-0.05, 0) is 44.2 Å². The summed E-state index contributed by atoms with van der Waals surface area (Å²) in [6, 6.07) is 8.24. The first-order valence-corrected chi connectivity index (χ1v) is 9.18. The van der Waals surface area contributed by atoms with E-state index in [-0.39, 0.29) is 17.8 Å². The highest BCUT2D eigenvalue weighted by Crippen LogP contribution is 2.21. The van der Waals surface area contributed by atoms with E-state index in [0.29, 0.717) is 39.0 Å². The van der Waals surface area contributed by atoms with Crippen LogP contribution in [0.1, 0.15) is 38.2 Å². The Bertz CT molecular complexity index is 729. The Morgan fingerprint density at radius 2 is 2.00 bits per heavy atom. The number of carbonyl (C=O) groups is 2. The Labute approximate surface area is 148 Å². The van der Waals surface area contributed by atoms with E-state index in [1.807, 2.05) is 30.2 Å². The van der Waals surface area contributed by atoms with E-state index < -0.39 is 0 Å². The lowest BCUT2D eigenvalue weighted by molar-refractivity contribution is -0.151. The van der Waals surface area contributed by atoms with Crippen LogP contribution < -0.4 is 0 Å². The van der Waals surface area contributed by atoms with Crippen LogP contribution in [-0.2, 0) is 20.7 Å². The van der Waals surface area contributed by atoms with Gasteiger partial charge in [-0.15, -0.1) is 0 Å². The fourth-order valence-corrected chi connectivity index (χ4v) is 3.55. The topological polar surface area (TPSA) is 62.4 Å². The summed E-state index contributed by atoms with van der Waals surface area (Å²) in [5.41, 5.74) is 2.41. The molecule has 1 N–H and O–H groups in total. The number of amides is 1. The predicted octanol–water partition coefficient (Wildman–Crippen LogP) is 3.29. The SMILES string of the molecule is CCOC(=O)C1CCN(C(=O)CCCc2c[nH]c3ccccc23)CC1. The zero-order chi connectivity index (χ0) is 17.6. The number of benzene rings is 1. The van der Waals surface area contributed by atoms with Gasteiger partial charge in [0, 0.05) is 36.6 Å². The van der Waals surface area contributed by atoms with Crippen molar-refractivity contribution in [2.24, 2.45) is 5.92 Å². The number of fused-ring (bicyclic) bond motifs is 1. The van der Waals surface area contributed by atoms with Crippen molar-refractivity contribution in [3.05, 3.63) is 36.0 Å². The number of esters is 1. The number of hydrogen-bond acceptors (Lipinski definition) is 3. The van der Waals surface area contributed by atoms with Gasteiger partial charge < -0.3 is 14.6 Å². The Morgan fingerprint density at radius 3 is 2.76 bits per heavy atom. The first-order valence-electron chi connectivity index (χ1n) is 9.18. The molecule has 1 aliphatic rings. The van der Waals surface area contributed by atoms with Crippen molar-refractivity contribution in [2.45, 2.75) is 39.0 Å². The van der Waals surface area contributed by atoms with E-state index in [9.17, 15) is 9.59 Å². The fraction of sp³-hybridized carbons (Fsp3) is 0.500. The summed E-state index contributed by atoms with van der Waals surface area (Å²) in [6.07, 6.45) is 5.77. The fourth-order valence-electron chi connectivity index (χ4n) is 3.55. The number of carbonyl (C=O) groups excluding carboxylic acids is 2. The molecule has 1 amide bonds. The smallest absolute Gasteiger partial charge is 0.309 e. The number of H-pyrrole nitrogens is 1. The van der Waals surface area contributed by atoms with Gasteiger partial charge in [-0.3, -0.25) is 9.59 Å². The largest absolute Gasteiger partial charge is 0.466 e. The highest BCUT2D eigenvalue weighted by Gasteiger charge is 2.27. The maximum atomic E-state index is 12.4. The molecule has 0 aliphatic carbocycles. The molecule has 25 heavy (non-hydrogen) atoms. The zero-order valence-electron chi connectivity index (χ0n) is 14.8. The lowest BCUT2D eigenvalue weighted by atomic mass is 9.96. The third-order valence-corrected chi connectivity index (χ3v) is 4.98. The molecule has 134 valence electrons. The molecular weight excluding hydrogens is 316 g/mol. The Kier molecular flexibility index (Phi) is 5.74. The average molecular weight is 342 g/mol. The van der Waals surface area contributed by atoms with Gasteiger partial charge in [0.2, 0.25) is 5.91 Å². The van der Waals surface area contributed by atoms with E-state index in [2.05, 4.69) is 17.1 Å². The van der Waals surface area contributed by atoms with Gasteiger partial charge in [-0.25, -0.2) is 0 Å². The van der Waals surface area contributed by atoms with Gasteiger partial charge in [-0.1, -0.05) is 18.2 Å². The molecule has 0 radical (unpaired) electrons. The highest BCUT2D eigenvalue weighted by molar-refractivity contribution is 5.83. The van der Waals surface area contributed by atoms with Crippen molar-refractivity contribution in [1.29, 1.82) is 0 Å². The summed E-state index contributed by atoms with van der Waals surface area (Å²) >= 11 is 0. The number of likely N-dealkylation sites (tertiary alicyclic amines) is 1. The van der Waals surface area contributed by atoms with Crippen molar-refractivity contribution in [3.63, 3.8) is 0 Å². The monoisotopic (exact) mass is 342 g/mol. The molecule has 0 bridgehead atoms. The molecule has 3 rings (SSSR count). The first-order chi connectivity index (χ1) is 12.2. The number of ether oxygens (including phenoxy) is 1. The lowest BCUT2D eigenvalue weighted by Gasteiger charge is -2.31. The average Bonchev–Trinajstić information content (AvgIpc) is 3.05. The number of piperidine rings is 1. The van der Waals surface area contributed by atoms with Gasteiger partial charge in [-0.2, -0.15) is 0 Å². The van der Waals surface area contributed by atoms with Crippen LogP contribution in [0.5, 0.6) is 0 Å². The number of aryl methyl sites for hydroxylation is 1. The van der Waals surface area contributed by atoms with Gasteiger partial charge in [0.15, 0.2) is 0 Å². The minimum atomic E-state index is -0.117. The maximum absolute atomic E-state index is 12.4. The van der Waals surface area contributed by atoms with Crippen LogP contribution in [0.25, 0.3) is 10.9 Å². The normalized spacial score (nSPS) is 15.5. The molecule has 0 spiro atoms. The summed E-state index contributed by atoms with van der Waals surface area (Å²) in [4.78, 5) is 29.3. The molecule has 5 heteroatoms. The van der Waals surface area contributed by atoms with E-state index in [0.717, 1.165) is 18.4 Å². The standard InChI is InChI=1S/C20H26N2O3/c1-2-25-20(24)15-10-12-22(13-11-15)19(23)9-5-6-16-14-21-18-8-4-3-7-17(16)18/h3-4,7-8,14-15,21H,2,5-6,9-13H2,1H3. The van der Waals surface area contributed by atoms with Crippen LogP contribution in [0.2, 0.25) is 0 Å². The second-order valence-corrected chi connectivity index (χ2v) is 6.62. The molecule has 0 saturated carbocycles. The molecule has 2 heterocycles. The van der Waals surface area contributed by atoms with Crippen molar-refractivity contribution < 1.29 is 14.3 Å². The predicted molar refractivity (Wildman–Crippen MR) is 97.2 cm³/mol. The van der Waals surface area contributed by atoms with Crippen molar-refractivity contribution >= 4 is 22.8 Å². The number of para-hydroxylation sites is 1. The second-order valence-electron chi connectivity index (χ2n) is 6.62. The van der Waals surface area contributed by atoms with Crippen molar-refractivity contribution in [1.82, 2.24) is 9.88 Å². The number of aromatic amines is 1. The third-order valence-electron chi connectivity index (χ3n) is 4.98. The molecule has 1 aliphatic heterocycles. The summed E-state index contributed by atoms with van der Waals surface area (Å²) < 4.78 is 5.07. The summed E-state index contributed by atoms with van der Waals surface area (Å²) in [6.45, 7) is 3.57. The van der Waals surface area contributed by atoms with Gasteiger partial charge in [0.1, 0.15) is 0 Å². The minimum Gasteiger partial charge on any atom is -0.466 e. The van der Waals surface area contributed by atoms with Crippen LogP contribution in [0, 0.1) is 5.92 Å². The van der Waals surface area contributed by atoms with E-state index in [1.54, 1.807) is 0 Å². The minimum absolute atomic E-state index is 0.0461. The van der Waals surface area contributed by atoms with Crippen LogP contribution in [-0.4, -0.2) is 41.5 Å². The van der Waals surface area contributed by atoms with Crippen LogP contribution in [0.4, 0.5) is 0 Å². The molecular formula is C20H26N2O3. The molecule has 1 fully saturated rings. The number of hydrogen-bond donors (Lipinski definition) is 1. The summed E-state index contributed by atoms with van der Waals surface area (Å²) in [7, 11) is 0. The molecule has 2 aromatic rings. The molecule has 0 atom stereocenters. The Morgan fingerprint density at radius 1 is 1.24 bits per heavy atom. The van der Waals surface area contributed by atoms with Crippen molar-refractivity contribution in [3.8, 4) is 0 Å². The molecule has 5 nitrogen and oxygen atoms in total. The highest BCUT2D eigenvalue weighted by atomic mass is 16.5. The first kappa shape index (κ1) is 17.5. The molecule has 1 aromatic heterocycles. The third kappa shape index (κ3) is 4.21. The summed E-state index contributed by atoms with van der Waals surface area (Å²) in [5, 5.41) is 1.24. The molecule has 1 saturated heterocycles. The van der Waals surface area contributed by atoms with E-state index >= 15 is 0 Å². The second kappa shape index (κ2) is 8.19. The van der Waals surface area contributed by atoms with Crippen molar-refractivity contribution in [2.75, 3.05) is 19.7 Å². The quantitative estimate of drug-likeness (QED) is 0.820. The van der Waals surface area contributed by atoms with Crippen LogP contribution in [0.3, 0.4) is 0 Å². The maximum Gasteiger partial charge on any atom is 0.309 e. The van der Waals surface area contributed by atoms with Crippen LogP contribution >= 0.6 is 0 Å².